The first kappa shape index (κ1) is 36.2. The number of aliphatic hydroxyl groups is 3. The van der Waals surface area contributed by atoms with Gasteiger partial charge in [-0.05, 0) is 104 Å². The molecule has 3 N–H and O–H groups in total. The van der Waals surface area contributed by atoms with Crippen LogP contribution in [0.2, 0.25) is 0 Å². The monoisotopic (exact) mass is 584 g/mol. The van der Waals surface area contributed by atoms with E-state index in [0.717, 1.165) is 35.1 Å². The second-order valence-electron chi connectivity index (χ2n) is 13.4. The van der Waals surface area contributed by atoms with Crippen molar-refractivity contribution in [3.05, 3.63) is 130 Å². The van der Waals surface area contributed by atoms with E-state index < -0.39 is 11.4 Å². The lowest BCUT2D eigenvalue weighted by Crippen LogP contribution is -2.48. The van der Waals surface area contributed by atoms with Crippen LogP contribution >= 0.6 is 0 Å². The molecule has 1 atom stereocenters. The molecule has 0 fully saturated rings. The highest BCUT2D eigenvalue weighted by atomic mass is 16.7. The fourth-order valence-corrected chi connectivity index (χ4v) is 5.90. The summed E-state index contributed by atoms with van der Waals surface area (Å²) in [5.41, 5.74) is 8.64. The van der Waals surface area contributed by atoms with Gasteiger partial charge in [-0.2, -0.15) is 0 Å². The lowest BCUT2D eigenvalue weighted by Gasteiger charge is -2.42. The molecule has 0 radical (unpaired) electrons. The van der Waals surface area contributed by atoms with Gasteiger partial charge in [-0.25, -0.2) is 0 Å². The summed E-state index contributed by atoms with van der Waals surface area (Å²) in [6.07, 6.45) is 35.2. The van der Waals surface area contributed by atoms with Gasteiger partial charge in [-0.3, -0.25) is 0 Å². The maximum Gasteiger partial charge on any atom is 0.285 e. The quantitative estimate of drug-likeness (QED) is 0.167. The van der Waals surface area contributed by atoms with Gasteiger partial charge in [0.25, 0.3) is 5.97 Å². The predicted octanol–water partition coefficient (Wildman–Crippen LogP) is 10.2. The minimum Gasteiger partial charge on any atom is -0.343 e. The van der Waals surface area contributed by atoms with Gasteiger partial charge in [0.2, 0.25) is 0 Å². The Morgan fingerprint density at radius 1 is 0.581 bits per heavy atom. The van der Waals surface area contributed by atoms with Crippen LogP contribution in [0.3, 0.4) is 0 Å². The van der Waals surface area contributed by atoms with Crippen LogP contribution in [0.1, 0.15) is 101 Å². The molecule has 2 aliphatic rings. The molecule has 0 amide bonds. The largest absolute Gasteiger partial charge is 0.343 e. The molecule has 43 heavy (non-hydrogen) atoms. The molecule has 0 heterocycles. The Kier molecular flexibility index (Phi) is 13.6. The standard InChI is InChI=1S/C40H56O3/c1-30(18-12-20-32(3)24-26-36-34(5)22-14-28-38(36,7)8)16-10-11-17-31(2)19-13-21-33(4)25-27-37-35(6)23-15-29-39(37,9)40(41,42)43/h10-13,16-21,24-27,41-43H,14-15,22-23,28-29H2,1-9H3/b11-10+,18-12+,19-13+,26-24+,27-25+,30-16+,31-17+,32-20+,33-21+/t39-/m0/s1. The summed E-state index contributed by atoms with van der Waals surface area (Å²) in [5, 5.41) is 30.0. The summed E-state index contributed by atoms with van der Waals surface area (Å²) >= 11 is 0. The zero-order valence-electron chi connectivity index (χ0n) is 28.2. The van der Waals surface area contributed by atoms with Gasteiger partial charge in [0, 0.05) is 0 Å². The third kappa shape index (κ3) is 11.2. The van der Waals surface area contributed by atoms with Crippen molar-refractivity contribution in [1.29, 1.82) is 0 Å². The normalized spacial score (nSPS) is 23.9. The lowest BCUT2D eigenvalue weighted by molar-refractivity contribution is -0.363. The summed E-state index contributed by atoms with van der Waals surface area (Å²) in [5.74, 6) is -2.75. The number of rotatable bonds is 11. The summed E-state index contributed by atoms with van der Waals surface area (Å²) in [4.78, 5) is 0. The summed E-state index contributed by atoms with van der Waals surface area (Å²) in [6.45, 7) is 19.0. The molecular weight excluding hydrogens is 528 g/mol. The maximum atomic E-state index is 10.0. The zero-order valence-corrected chi connectivity index (χ0v) is 28.2. The highest BCUT2D eigenvalue weighted by Crippen LogP contribution is 2.47. The van der Waals surface area contributed by atoms with E-state index >= 15 is 0 Å². The van der Waals surface area contributed by atoms with E-state index in [-0.39, 0.29) is 5.41 Å². The molecule has 3 heteroatoms. The molecule has 2 aliphatic carbocycles. The average Bonchev–Trinajstić information content (AvgIpc) is 2.89. The van der Waals surface area contributed by atoms with Crippen molar-refractivity contribution in [1.82, 2.24) is 0 Å². The van der Waals surface area contributed by atoms with Crippen LogP contribution in [-0.2, 0) is 0 Å². The van der Waals surface area contributed by atoms with Gasteiger partial charge in [0.15, 0.2) is 0 Å². The van der Waals surface area contributed by atoms with Crippen molar-refractivity contribution in [2.75, 3.05) is 0 Å². The third-order valence-electron chi connectivity index (χ3n) is 8.86. The van der Waals surface area contributed by atoms with E-state index in [9.17, 15) is 15.3 Å². The van der Waals surface area contributed by atoms with E-state index in [1.165, 1.54) is 41.6 Å². The lowest BCUT2D eigenvalue weighted by atomic mass is 9.69. The fraction of sp³-hybridized carbons (Fsp3) is 0.450. The first-order valence-electron chi connectivity index (χ1n) is 15.7. The van der Waals surface area contributed by atoms with E-state index in [2.05, 4.69) is 96.2 Å². The molecular formula is C40H56O3. The van der Waals surface area contributed by atoms with Gasteiger partial charge in [0.1, 0.15) is 0 Å². The molecule has 3 nitrogen and oxygen atoms in total. The minimum absolute atomic E-state index is 0.268. The molecule has 2 rings (SSSR count). The smallest absolute Gasteiger partial charge is 0.285 e. The Labute approximate surface area is 262 Å². The Bertz CT molecular complexity index is 1320. The topological polar surface area (TPSA) is 60.7 Å². The molecule has 234 valence electrons. The number of allylic oxidation sites excluding steroid dienone is 21. The second-order valence-corrected chi connectivity index (χ2v) is 13.4. The average molecular weight is 585 g/mol. The van der Waals surface area contributed by atoms with Crippen LogP contribution in [0.25, 0.3) is 0 Å². The van der Waals surface area contributed by atoms with E-state index in [1.54, 1.807) is 6.92 Å². The van der Waals surface area contributed by atoms with Crippen molar-refractivity contribution in [3.8, 4) is 0 Å². The maximum absolute atomic E-state index is 10.0. The Balaban J connectivity index is 1.94. The summed E-state index contributed by atoms with van der Waals surface area (Å²) < 4.78 is 0. The van der Waals surface area contributed by atoms with Crippen LogP contribution in [0.4, 0.5) is 0 Å². The molecule has 0 spiro atoms. The molecule has 0 aliphatic heterocycles. The van der Waals surface area contributed by atoms with Gasteiger partial charge in [-0.15, -0.1) is 0 Å². The molecule has 0 aromatic rings. The first-order valence-corrected chi connectivity index (χ1v) is 15.7. The van der Waals surface area contributed by atoms with Gasteiger partial charge < -0.3 is 15.3 Å². The summed E-state index contributed by atoms with van der Waals surface area (Å²) in [7, 11) is 0. The Hall–Kier alpha value is -2.98. The van der Waals surface area contributed by atoms with Crippen LogP contribution in [-0.4, -0.2) is 21.3 Å². The number of hydrogen-bond acceptors (Lipinski definition) is 3. The van der Waals surface area contributed by atoms with E-state index in [0.29, 0.717) is 6.42 Å². The van der Waals surface area contributed by atoms with E-state index in [4.69, 9.17) is 0 Å². The van der Waals surface area contributed by atoms with Crippen molar-refractivity contribution in [2.24, 2.45) is 10.8 Å². The fourth-order valence-electron chi connectivity index (χ4n) is 5.90. The van der Waals surface area contributed by atoms with E-state index in [1.807, 2.05) is 44.2 Å². The van der Waals surface area contributed by atoms with Crippen molar-refractivity contribution >= 4 is 0 Å². The van der Waals surface area contributed by atoms with Crippen LogP contribution in [0, 0.1) is 10.8 Å². The van der Waals surface area contributed by atoms with Crippen LogP contribution in [0.5, 0.6) is 0 Å². The molecule has 0 saturated carbocycles. The zero-order chi connectivity index (χ0) is 32.3. The Morgan fingerprint density at radius 2 is 0.977 bits per heavy atom. The van der Waals surface area contributed by atoms with Crippen molar-refractivity contribution in [2.45, 2.75) is 107 Å². The molecule has 0 aromatic heterocycles. The highest BCUT2D eigenvalue weighted by molar-refractivity contribution is 5.39. The summed E-state index contributed by atoms with van der Waals surface area (Å²) in [6, 6.07) is 0. The molecule has 0 unspecified atom stereocenters. The van der Waals surface area contributed by atoms with Gasteiger partial charge in [-0.1, -0.05) is 132 Å². The van der Waals surface area contributed by atoms with Gasteiger partial charge in [0.05, 0.1) is 5.41 Å². The highest BCUT2D eigenvalue weighted by Gasteiger charge is 2.48. The molecule has 0 bridgehead atoms. The third-order valence-corrected chi connectivity index (χ3v) is 8.86. The minimum atomic E-state index is -2.75. The number of hydrogen-bond donors (Lipinski definition) is 3. The SMILES string of the molecule is CC1=C(/C=C/C(C)=C/C=C/C(C)=C/C=C/C=C(C)/C=C/C=C(C)/C=C/C2=C(C)CCC[C@]2(C)C(O)(O)O)C(C)(C)CCC1. The Morgan fingerprint density at radius 3 is 1.44 bits per heavy atom. The van der Waals surface area contributed by atoms with Crippen molar-refractivity contribution in [3.63, 3.8) is 0 Å². The molecule has 0 saturated heterocycles. The second kappa shape index (κ2) is 16.2. The predicted molar refractivity (Wildman–Crippen MR) is 185 cm³/mol. The van der Waals surface area contributed by atoms with Crippen molar-refractivity contribution < 1.29 is 15.3 Å². The van der Waals surface area contributed by atoms with Crippen LogP contribution < -0.4 is 0 Å². The van der Waals surface area contributed by atoms with Crippen LogP contribution in [0.15, 0.2) is 130 Å². The van der Waals surface area contributed by atoms with Gasteiger partial charge >= 0.3 is 0 Å². The molecule has 0 aromatic carbocycles. The first-order chi connectivity index (χ1) is 20.1.